The van der Waals surface area contributed by atoms with E-state index in [0.717, 1.165) is 48.8 Å². The minimum atomic E-state index is -0.188. The molecule has 1 heterocycles. The molecule has 0 aliphatic carbocycles. The highest BCUT2D eigenvalue weighted by atomic mass is 16.2. The van der Waals surface area contributed by atoms with Crippen LogP contribution in [-0.4, -0.2) is 30.9 Å². The molecular formula is C33H35N3O2. The third-order valence-corrected chi connectivity index (χ3v) is 7.28. The summed E-state index contributed by atoms with van der Waals surface area (Å²) in [6.45, 7) is 5.72. The number of rotatable bonds is 7. The summed E-state index contributed by atoms with van der Waals surface area (Å²) in [4.78, 5) is 28.8. The molecule has 1 saturated heterocycles. The van der Waals surface area contributed by atoms with Gasteiger partial charge in [-0.15, -0.1) is 0 Å². The van der Waals surface area contributed by atoms with Crippen LogP contribution in [0.3, 0.4) is 0 Å². The van der Waals surface area contributed by atoms with Gasteiger partial charge in [0.15, 0.2) is 0 Å². The summed E-state index contributed by atoms with van der Waals surface area (Å²) in [5.41, 5.74) is 4.12. The highest BCUT2D eigenvalue weighted by Gasteiger charge is 2.24. The maximum Gasteiger partial charge on any atom is 0.256 e. The van der Waals surface area contributed by atoms with Gasteiger partial charge in [0, 0.05) is 36.1 Å². The second kappa shape index (κ2) is 11.5. The molecule has 0 spiro atoms. The average molecular weight is 506 g/mol. The second-order valence-corrected chi connectivity index (χ2v) is 10.5. The number of carbonyl (C=O) groups excluding carboxylic acids is 2. The van der Waals surface area contributed by atoms with E-state index in [-0.39, 0.29) is 17.9 Å². The number of nitrogens with one attached hydrogen (secondary N) is 2. The van der Waals surface area contributed by atoms with Crippen LogP contribution in [-0.2, 0) is 6.42 Å². The van der Waals surface area contributed by atoms with E-state index in [4.69, 9.17) is 0 Å². The van der Waals surface area contributed by atoms with Crippen molar-refractivity contribution in [2.75, 3.05) is 23.3 Å². The Balaban J connectivity index is 1.35. The van der Waals surface area contributed by atoms with Crippen molar-refractivity contribution in [2.45, 2.75) is 39.2 Å². The SMILES string of the molecule is CC(C)NC(=O)c1cc(NC(=O)c2cccc3ccccc23)ccc1N1CCC(Cc2ccccc2)CC1. The predicted molar refractivity (Wildman–Crippen MR) is 156 cm³/mol. The van der Waals surface area contributed by atoms with Gasteiger partial charge in [0.1, 0.15) is 0 Å². The van der Waals surface area contributed by atoms with E-state index >= 15 is 0 Å². The molecule has 4 aromatic rings. The standard InChI is InChI=1S/C33H35N3O2/c1-23(2)34-33(38)30-22-27(35-32(37)29-14-8-12-26-11-6-7-13-28(26)29)15-16-31(30)36-19-17-25(18-20-36)21-24-9-4-3-5-10-24/h3-16,22-23,25H,17-21H2,1-2H3,(H,34,38)(H,35,37). The number of anilines is 2. The van der Waals surface area contributed by atoms with E-state index < -0.39 is 0 Å². The van der Waals surface area contributed by atoms with Crippen LogP contribution in [0.1, 0.15) is 53.0 Å². The number of hydrogen-bond acceptors (Lipinski definition) is 3. The lowest BCUT2D eigenvalue weighted by Gasteiger charge is -2.35. The van der Waals surface area contributed by atoms with Crippen molar-refractivity contribution >= 4 is 34.0 Å². The van der Waals surface area contributed by atoms with Crippen LogP contribution in [0.25, 0.3) is 10.8 Å². The molecule has 1 aliphatic rings. The molecule has 5 rings (SSSR count). The Morgan fingerprint density at radius 1 is 0.816 bits per heavy atom. The molecule has 5 heteroatoms. The number of fused-ring (bicyclic) bond motifs is 1. The third-order valence-electron chi connectivity index (χ3n) is 7.28. The lowest BCUT2D eigenvalue weighted by molar-refractivity contribution is 0.0942. The zero-order chi connectivity index (χ0) is 26.5. The zero-order valence-corrected chi connectivity index (χ0v) is 22.1. The fourth-order valence-electron chi connectivity index (χ4n) is 5.36. The van der Waals surface area contributed by atoms with Crippen LogP contribution in [0, 0.1) is 5.92 Å². The monoisotopic (exact) mass is 505 g/mol. The molecule has 0 bridgehead atoms. The number of hydrogen-bond donors (Lipinski definition) is 2. The van der Waals surface area contributed by atoms with Crippen molar-refractivity contribution in [1.29, 1.82) is 0 Å². The van der Waals surface area contributed by atoms with Crippen molar-refractivity contribution in [1.82, 2.24) is 5.32 Å². The summed E-state index contributed by atoms with van der Waals surface area (Å²) >= 11 is 0. The highest BCUT2D eigenvalue weighted by molar-refractivity contribution is 6.13. The lowest BCUT2D eigenvalue weighted by Crippen LogP contribution is -2.37. The summed E-state index contributed by atoms with van der Waals surface area (Å²) in [6.07, 6.45) is 3.26. The normalized spacial score (nSPS) is 14.0. The molecular weight excluding hydrogens is 470 g/mol. The van der Waals surface area contributed by atoms with Gasteiger partial charge in [0.2, 0.25) is 0 Å². The Bertz CT molecular complexity index is 1420. The molecule has 0 saturated carbocycles. The van der Waals surface area contributed by atoms with Crippen LogP contribution < -0.4 is 15.5 Å². The van der Waals surface area contributed by atoms with E-state index in [1.165, 1.54) is 5.56 Å². The molecule has 5 nitrogen and oxygen atoms in total. The fraction of sp³-hybridized carbons (Fsp3) is 0.273. The first kappa shape index (κ1) is 25.5. The minimum Gasteiger partial charge on any atom is -0.371 e. The van der Waals surface area contributed by atoms with Crippen molar-refractivity contribution in [3.63, 3.8) is 0 Å². The molecule has 1 aliphatic heterocycles. The molecule has 0 atom stereocenters. The van der Waals surface area contributed by atoms with Crippen LogP contribution >= 0.6 is 0 Å². The fourth-order valence-corrected chi connectivity index (χ4v) is 5.36. The van der Waals surface area contributed by atoms with E-state index in [2.05, 4.69) is 45.9 Å². The Morgan fingerprint density at radius 2 is 1.53 bits per heavy atom. The van der Waals surface area contributed by atoms with E-state index in [1.54, 1.807) is 0 Å². The van der Waals surface area contributed by atoms with Crippen LogP contribution in [0.15, 0.2) is 91.0 Å². The Morgan fingerprint density at radius 3 is 2.29 bits per heavy atom. The zero-order valence-electron chi connectivity index (χ0n) is 22.1. The van der Waals surface area contributed by atoms with Crippen molar-refractivity contribution in [3.8, 4) is 0 Å². The van der Waals surface area contributed by atoms with E-state index in [1.807, 2.05) is 74.5 Å². The number of nitrogens with zero attached hydrogens (tertiary/aromatic N) is 1. The molecule has 0 aromatic heterocycles. The van der Waals surface area contributed by atoms with Gasteiger partial charge in [-0.2, -0.15) is 0 Å². The van der Waals surface area contributed by atoms with Crippen LogP contribution in [0.2, 0.25) is 0 Å². The van der Waals surface area contributed by atoms with Gasteiger partial charge >= 0.3 is 0 Å². The highest BCUT2D eigenvalue weighted by Crippen LogP contribution is 2.31. The third kappa shape index (κ3) is 5.88. The lowest BCUT2D eigenvalue weighted by atomic mass is 9.89. The first-order valence-electron chi connectivity index (χ1n) is 13.5. The molecule has 0 radical (unpaired) electrons. The molecule has 38 heavy (non-hydrogen) atoms. The largest absolute Gasteiger partial charge is 0.371 e. The quantitative estimate of drug-likeness (QED) is 0.294. The molecule has 0 unspecified atom stereocenters. The molecule has 4 aromatic carbocycles. The van der Waals surface area contributed by atoms with Crippen molar-refractivity contribution in [2.24, 2.45) is 5.92 Å². The van der Waals surface area contributed by atoms with Gasteiger partial charge in [0.05, 0.1) is 5.56 Å². The summed E-state index contributed by atoms with van der Waals surface area (Å²) in [5.74, 6) is 0.329. The average Bonchev–Trinajstić information content (AvgIpc) is 2.93. The summed E-state index contributed by atoms with van der Waals surface area (Å²) in [7, 11) is 0. The van der Waals surface area contributed by atoms with Gasteiger partial charge in [-0.3, -0.25) is 9.59 Å². The van der Waals surface area contributed by atoms with Crippen LogP contribution in [0.5, 0.6) is 0 Å². The molecule has 194 valence electrons. The maximum atomic E-state index is 13.3. The van der Waals surface area contributed by atoms with Gasteiger partial charge in [-0.25, -0.2) is 0 Å². The molecule has 2 amide bonds. The molecule has 2 N–H and O–H groups in total. The van der Waals surface area contributed by atoms with Crippen molar-refractivity contribution < 1.29 is 9.59 Å². The van der Waals surface area contributed by atoms with E-state index in [9.17, 15) is 9.59 Å². The van der Waals surface area contributed by atoms with E-state index in [0.29, 0.717) is 22.7 Å². The summed E-state index contributed by atoms with van der Waals surface area (Å²) in [6, 6.07) is 29.9. The predicted octanol–water partition coefficient (Wildman–Crippen LogP) is 6.69. The Hall–Kier alpha value is -4.12. The number of carbonyl (C=O) groups is 2. The Labute approximate surface area is 224 Å². The number of piperidine rings is 1. The second-order valence-electron chi connectivity index (χ2n) is 10.5. The van der Waals surface area contributed by atoms with Gasteiger partial charge in [0.25, 0.3) is 11.8 Å². The van der Waals surface area contributed by atoms with Gasteiger partial charge in [-0.05, 0) is 79.6 Å². The Kier molecular flexibility index (Phi) is 7.73. The molecule has 1 fully saturated rings. The topological polar surface area (TPSA) is 61.4 Å². The number of benzene rings is 4. The first-order chi connectivity index (χ1) is 18.5. The summed E-state index contributed by atoms with van der Waals surface area (Å²) < 4.78 is 0. The smallest absolute Gasteiger partial charge is 0.256 e. The first-order valence-corrected chi connectivity index (χ1v) is 13.5. The van der Waals surface area contributed by atoms with Crippen molar-refractivity contribution in [3.05, 3.63) is 108 Å². The van der Waals surface area contributed by atoms with Gasteiger partial charge < -0.3 is 15.5 Å². The number of amides is 2. The van der Waals surface area contributed by atoms with Gasteiger partial charge in [-0.1, -0.05) is 66.7 Å². The minimum absolute atomic E-state index is 0.0147. The summed E-state index contributed by atoms with van der Waals surface area (Å²) in [5, 5.41) is 7.98. The van der Waals surface area contributed by atoms with Crippen LogP contribution in [0.4, 0.5) is 11.4 Å². The maximum absolute atomic E-state index is 13.3.